The van der Waals surface area contributed by atoms with Crippen LogP contribution in [-0.2, 0) is 10.4 Å². The number of nitrogens with zero attached hydrogens (tertiary/aromatic N) is 3. The topological polar surface area (TPSA) is 99.6 Å². The number of hydrogen-bond donors (Lipinski definition) is 3. The van der Waals surface area contributed by atoms with E-state index in [1.165, 1.54) is 19.1 Å². The largest absolute Gasteiger partial charge is 0.489 e. The molecule has 11 heteroatoms. The molecule has 3 N–H and O–H groups in total. The van der Waals surface area contributed by atoms with Gasteiger partial charge in [0.25, 0.3) is 6.43 Å². The quantitative estimate of drug-likeness (QED) is 0.436. The third-order valence-electron chi connectivity index (χ3n) is 7.36. The molecule has 2 aliphatic heterocycles. The van der Waals surface area contributed by atoms with Gasteiger partial charge in [-0.05, 0) is 32.8 Å². The molecule has 3 aromatic rings. The first-order chi connectivity index (χ1) is 18.1. The summed E-state index contributed by atoms with van der Waals surface area (Å²) < 4.78 is 47.5. The zero-order valence-corrected chi connectivity index (χ0v) is 21.4. The Bertz CT molecular complexity index is 1390. The minimum atomic E-state index is -2.93. The fourth-order valence-electron chi connectivity index (χ4n) is 5.27. The van der Waals surface area contributed by atoms with Crippen molar-refractivity contribution >= 4 is 28.3 Å². The molecule has 8 nitrogen and oxygen atoms in total. The Hall–Kier alpha value is -3.60. The predicted molar refractivity (Wildman–Crippen MR) is 137 cm³/mol. The number of piperidine rings is 1. The molecule has 0 aliphatic carbocycles. The number of rotatable bonds is 5. The highest BCUT2D eigenvalue weighted by Crippen LogP contribution is 2.47. The minimum Gasteiger partial charge on any atom is -0.489 e. The highest BCUT2D eigenvalue weighted by Gasteiger charge is 2.39. The second-order valence-electron chi connectivity index (χ2n) is 9.87. The Morgan fingerprint density at radius 1 is 1.24 bits per heavy atom. The van der Waals surface area contributed by atoms with E-state index in [1.54, 1.807) is 24.8 Å². The molecule has 0 radical (unpaired) electrons. The Balaban J connectivity index is 1.61. The molecule has 0 unspecified atom stereocenters. The highest BCUT2D eigenvalue weighted by atomic mass is 19.3. The number of carbonyl (C=O) groups excluding carboxylic acids is 1. The van der Waals surface area contributed by atoms with Crippen molar-refractivity contribution in [3.8, 4) is 5.75 Å². The lowest BCUT2D eigenvalue weighted by Gasteiger charge is -2.40. The molecule has 202 valence electrons. The molecule has 1 fully saturated rings. The van der Waals surface area contributed by atoms with Crippen LogP contribution < -0.4 is 15.4 Å². The van der Waals surface area contributed by atoms with Crippen molar-refractivity contribution in [2.45, 2.75) is 51.7 Å². The number of hydrogen-bond acceptors (Lipinski definition) is 7. The molecule has 0 bridgehead atoms. The summed E-state index contributed by atoms with van der Waals surface area (Å²) in [6.07, 6.45) is -2.28. The van der Waals surface area contributed by atoms with E-state index in [4.69, 9.17) is 4.74 Å². The molecule has 0 spiro atoms. The number of fused-ring (bicyclic) bond motifs is 3. The minimum absolute atomic E-state index is 0.0435. The number of ether oxygens (including phenoxy) is 1. The summed E-state index contributed by atoms with van der Waals surface area (Å²) in [6.45, 7) is 6.65. The van der Waals surface area contributed by atoms with Crippen LogP contribution in [0.5, 0.6) is 5.75 Å². The number of likely N-dealkylation sites (tertiary alicyclic amines) is 1. The van der Waals surface area contributed by atoms with Crippen LogP contribution in [0.4, 0.5) is 24.7 Å². The molecule has 1 saturated heterocycles. The number of alkyl halides is 2. The van der Waals surface area contributed by atoms with E-state index in [0.29, 0.717) is 78.6 Å². The van der Waals surface area contributed by atoms with Crippen molar-refractivity contribution in [1.29, 1.82) is 0 Å². The average Bonchev–Trinajstić information content (AvgIpc) is 2.88. The molecule has 0 saturated carbocycles. The van der Waals surface area contributed by atoms with E-state index < -0.39 is 29.4 Å². The second-order valence-corrected chi connectivity index (χ2v) is 9.87. The molecular weight excluding hydrogens is 499 g/mol. The summed E-state index contributed by atoms with van der Waals surface area (Å²) in [5.74, 6) is 0.332. The van der Waals surface area contributed by atoms with E-state index >= 15 is 0 Å². The molecule has 1 atom stereocenters. The maximum absolute atomic E-state index is 14.9. The summed E-state index contributed by atoms with van der Waals surface area (Å²) >= 11 is 0. The van der Waals surface area contributed by atoms with Gasteiger partial charge in [-0.15, -0.1) is 0 Å². The number of aryl methyl sites for hydroxylation is 1. The van der Waals surface area contributed by atoms with E-state index in [9.17, 15) is 23.1 Å². The van der Waals surface area contributed by atoms with Gasteiger partial charge in [0, 0.05) is 43.1 Å². The van der Waals surface area contributed by atoms with E-state index in [0.717, 1.165) is 6.07 Å². The summed E-state index contributed by atoms with van der Waals surface area (Å²) in [7, 11) is 0. The number of nitrogens with one attached hydrogen (secondary N) is 2. The van der Waals surface area contributed by atoms with E-state index in [1.807, 2.05) is 0 Å². The maximum Gasteiger partial charge on any atom is 0.266 e. The monoisotopic (exact) mass is 529 g/mol. The number of amides is 1. The predicted octanol–water partition coefficient (Wildman–Crippen LogP) is 4.82. The van der Waals surface area contributed by atoms with Gasteiger partial charge in [-0.25, -0.2) is 23.1 Å². The van der Waals surface area contributed by atoms with E-state index in [2.05, 4.69) is 20.6 Å². The van der Waals surface area contributed by atoms with Gasteiger partial charge in [0.2, 0.25) is 5.91 Å². The Morgan fingerprint density at radius 2 is 1.95 bits per heavy atom. The lowest BCUT2D eigenvalue weighted by atomic mass is 9.82. The zero-order chi connectivity index (χ0) is 27.2. The van der Waals surface area contributed by atoms with Gasteiger partial charge in [0.1, 0.15) is 35.3 Å². The summed E-state index contributed by atoms with van der Waals surface area (Å²) in [5.41, 5.74) is -0.0759. The number of anilines is 2. The zero-order valence-electron chi connectivity index (χ0n) is 21.4. The summed E-state index contributed by atoms with van der Waals surface area (Å²) in [4.78, 5) is 22.7. The van der Waals surface area contributed by atoms with Crippen LogP contribution in [0.15, 0.2) is 24.3 Å². The fraction of sp³-hybridized carbons (Fsp3) is 0.444. The van der Waals surface area contributed by atoms with Crippen LogP contribution in [0.2, 0.25) is 0 Å². The SMILES string of the molecule is CC(=O)N1CCC(O)(c2cc3c(N[C@H](C)c4cccc(C(F)F)c4F)nc(C)nc3c3c2OCCN3)CC1. The van der Waals surface area contributed by atoms with Crippen molar-refractivity contribution in [3.05, 3.63) is 52.6 Å². The van der Waals surface area contributed by atoms with Gasteiger partial charge in [-0.1, -0.05) is 18.2 Å². The van der Waals surface area contributed by atoms with Crippen molar-refractivity contribution < 1.29 is 27.8 Å². The molecular formula is C27H30F3N5O3. The number of carbonyl (C=O) groups is 1. The molecule has 3 heterocycles. The number of halogens is 3. The van der Waals surface area contributed by atoms with Crippen LogP contribution >= 0.6 is 0 Å². The van der Waals surface area contributed by atoms with Crippen molar-refractivity contribution in [2.75, 3.05) is 36.9 Å². The highest BCUT2D eigenvalue weighted by molar-refractivity contribution is 6.01. The summed E-state index contributed by atoms with van der Waals surface area (Å²) in [5, 5.41) is 18.8. The fourth-order valence-corrected chi connectivity index (χ4v) is 5.27. The van der Waals surface area contributed by atoms with Crippen LogP contribution in [0.3, 0.4) is 0 Å². The van der Waals surface area contributed by atoms with Crippen molar-refractivity contribution in [2.24, 2.45) is 0 Å². The average molecular weight is 530 g/mol. The van der Waals surface area contributed by atoms with Crippen LogP contribution in [-0.4, -0.2) is 52.1 Å². The van der Waals surface area contributed by atoms with Gasteiger partial charge in [-0.2, -0.15) is 0 Å². The lowest BCUT2D eigenvalue weighted by Crippen LogP contribution is -2.44. The number of benzene rings is 2. The van der Waals surface area contributed by atoms with Crippen molar-refractivity contribution in [1.82, 2.24) is 14.9 Å². The number of aliphatic hydroxyl groups is 1. The third-order valence-corrected chi connectivity index (χ3v) is 7.36. The number of aromatic nitrogens is 2. The Kier molecular flexibility index (Phi) is 6.81. The summed E-state index contributed by atoms with van der Waals surface area (Å²) in [6, 6.07) is 5.02. The smallest absolute Gasteiger partial charge is 0.266 e. The van der Waals surface area contributed by atoms with Gasteiger partial charge >= 0.3 is 0 Å². The normalized spacial score (nSPS) is 17.5. The molecule has 1 aromatic heterocycles. The second kappa shape index (κ2) is 9.94. The lowest BCUT2D eigenvalue weighted by molar-refractivity contribution is -0.133. The van der Waals surface area contributed by atoms with E-state index in [-0.39, 0.29) is 11.5 Å². The Labute approximate surface area is 218 Å². The molecule has 1 amide bonds. The molecule has 2 aromatic carbocycles. The van der Waals surface area contributed by atoms with Gasteiger partial charge in [0.15, 0.2) is 5.75 Å². The first-order valence-corrected chi connectivity index (χ1v) is 12.6. The third kappa shape index (κ3) is 4.59. The maximum atomic E-state index is 14.9. The first kappa shape index (κ1) is 26.0. The first-order valence-electron chi connectivity index (χ1n) is 12.6. The van der Waals surface area contributed by atoms with Gasteiger partial charge in [0.05, 0.1) is 17.2 Å². The van der Waals surface area contributed by atoms with Crippen LogP contribution in [0.1, 0.15) is 61.7 Å². The van der Waals surface area contributed by atoms with Gasteiger partial charge in [-0.3, -0.25) is 4.79 Å². The van der Waals surface area contributed by atoms with Crippen LogP contribution in [0, 0.1) is 12.7 Å². The van der Waals surface area contributed by atoms with Crippen molar-refractivity contribution in [3.63, 3.8) is 0 Å². The standard InChI is InChI=1S/C27H30F3N5O3/c1-14(17-5-4-6-18(21(17)28)25(29)30)32-26-19-13-20(27(37)7-10-35(11-8-27)16(3)36)24-23(31-9-12-38-24)22(19)33-15(2)34-26/h4-6,13-14,25,31,37H,7-12H2,1-3H3,(H,32,33,34)/t14-/m1/s1. The molecule has 2 aliphatic rings. The molecule has 5 rings (SSSR count). The van der Waals surface area contributed by atoms with Crippen LogP contribution in [0.25, 0.3) is 10.9 Å². The Morgan fingerprint density at radius 3 is 2.63 bits per heavy atom. The molecule has 38 heavy (non-hydrogen) atoms. The van der Waals surface area contributed by atoms with Gasteiger partial charge < -0.3 is 25.4 Å².